The van der Waals surface area contributed by atoms with Crippen molar-refractivity contribution in [1.82, 2.24) is 15.5 Å². The van der Waals surface area contributed by atoms with Gasteiger partial charge in [-0.15, -0.1) is 0 Å². The van der Waals surface area contributed by atoms with Crippen molar-refractivity contribution in [1.29, 1.82) is 0 Å². The molecule has 2 aromatic carbocycles. The van der Waals surface area contributed by atoms with E-state index in [1.54, 1.807) is 24.3 Å². The maximum absolute atomic E-state index is 13.0. The zero-order valence-electron chi connectivity index (χ0n) is 19.4. The van der Waals surface area contributed by atoms with Gasteiger partial charge in [0.25, 0.3) is 5.91 Å². The van der Waals surface area contributed by atoms with Gasteiger partial charge >= 0.3 is 0 Å². The van der Waals surface area contributed by atoms with Crippen LogP contribution >= 0.6 is 0 Å². The summed E-state index contributed by atoms with van der Waals surface area (Å²) in [6.07, 6.45) is 0.992. The second-order valence-electron chi connectivity index (χ2n) is 8.22. The van der Waals surface area contributed by atoms with Crippen LogP contribution in [0, 0.1) is 5.92 Å². The molecule has 2 unspecified atom stereocenters. The molecule has 168 valence electrons. The summed E-state index contributed by atoms with van der Waals surface area (Å²) < 4.78 is 5.27. The largest absolute Gasteiger partial charge is 0.496 e. The molecule has 0 fully saturated rings. The Balaban J connectivity index is 2.09. The van der Waals surface area contributed by atoms with Crippen molar-refractivity contribution < 1.29 is 14.3 Å². The zero-order valence-corrected chi connectivity index (χ0v) is 19.4. The fourth-order valence-corrected chi connectivity index (χ4v) is 3.47. The smallest absolute Gasteiger partial charge is 0.255 e. The van der Waals surface area contributed by atoms with E-state index in [2.05, 4.69) is 46.7 Å². The molecule has 6 nitrogen and oxygen atoms in total. The number of nitrogens with one attached hydrogen (secondary N) is 2. The average Bonchev–Trinajstić information content (AvgIpc) is 2.77. The summed E-state index contributed by atoms with van der Waals surface area (Å²) >= 11 is 0. The topological polar surface area (TPSA) is 70.7 Å². The van der Waals surface area contributed by atoms with E-state index in [-0.39, 0.29) is 23.8 Å². The number of carbonyl (C=O) groups excluding carboxylic acids is 2. The summed E-state index contributed by atoms with van der Waals surface area (Å²) in [5.41, 5.74) is 2.83. The molecule has 0 spiro atoms. The molecule has 31 heavy (non-hydrogen) atoms. The molecule has 2 amide bonds. The van der Waals surface area contributed by atoms with E-state index in [0.29, 0.717) is 17.9 Å². The van der Waals surface area contributed by atoms with Crippen molar-refractivity contribution in [2.45, 2.75) is 39.3 Å². The Labute approximate surface area is 186 Å². The molecule has 0 bridgehead atoms. The van der Waals surface area contributed by atoms with Crippen LogP contribution in [0.25, 0.3) is 0 Å². The molecule has 0 aliphatic heterocycles. The number of para-hydroxylation sites is 1. The predicted octanol–water partition coefficient (Wildman–Crippen LogP) is 3.43. The minimum atomic E-state index is -0.650. The molecule has 2 aromatic rings. The Hall–Kier alpha value is -2.86. The highest BCUT2D eigenvalue weighted by molar-refractivity contribution is 5.99. The maximum Gasteiger partial charge on any atom is 0.255 e. The number of hydrogen-bond acceptors (Lipinski definition) is 4. The van der Waals surface area contributed by atoms with E-state index in [4.69, 9.17) is 4.74 Å². The molecular formula is C25H35N3O3. The lowest BCUT2D eigenvalue weighted by Gasteiger charge is -2.27. The number of methoxy groups -OCH3 is 1. The molecule has 0 aliphatic rings. The lowest BCUT2D eigenvalue weighted by atomic mass is 10.0. The average molecular weight is 426 g/mol. The first-order valence-corrected chi connectivity index (χ1v) is 10.7. The Morgan fingerprint density at radius 2 is 1.68 bits per heavy atom. The van der Waals surface area contributed by atoms with Gasteiger partial charge in [0.05, 0.1) is 18.7 Å². The van der Waals surface area contributed by atoms with E-state index < -0.39 is 6.04 Å². The van der Waals surface area contributed by atoms with E-state index in [9.17, 15) is 9.59 Å². The van der Waals surface area contributed by atoms with Gasteiger partial charge in [-0.05, 0) is 49.7 Å². The van der Waals surface area contributed by atoms with Gasteiger partial charge in [0.1, 0.15) is 11.8 Å². The van der Waals surface area contributed by atoms with E-state index in [1.807, 2.05) is 27.9 Å². The standard InChI is InChI=1S/C25H35N3O3/c1-7-18-12-14-19(15-13-18)21(28(4)5)16-26-25(30)23(17(2)3)27-24(29)20-10-8-9-11-22(20)31-6/h8-15,17,21,23H,7,16H2,1-6H3,(H,26,30)(H,27,29). The Morgan fingerprint density at radius 1 is 1.03 bits per heavy atom. The molecule has 0 heterocycles. The van der Waals surface area contributed by atoms with E-state index in [0.717, 1.165) is 12.0 Å². The Bertz CT molecular complexity index is 863. The maximum atomic E-state index is 13.0. The number of rotatable bonds is 10. The van der Waals surface area contributed by atoms with Crippen LogP contribution in [0.3, 0.4) is 0 Å². The fraction of sp³-hybridized carbons (Fsp3) is 0.440. The third kappa shape index (κ3) is 6.56. The second kappa shape index (κ2) is 11.5. The molecular weight excluding hydrogens is 390 g/mol. The SMILES string of the molecule is CCc1ccc(C(CNC(=O)C(NC(=O)c2ccccc2OC)C(C)C)N(C)C)cc1. The van der Waals surface area contributed by atoms with E-state index >= 15 is 0 Å². The van der Waals surface area contributed by atoms with Gasteiger partial charge in [0.2, 0.25) is 5.91 Å². The van der Waals surface area contributed by atoms with Gasteiger partial charge in [-0.2, -0.15) is 0 Å². The summed E-state index contributed by atoms with van der Waals surface area (Å²) in [5.74, 6) is -0.118. The van der Waals surface area contributed by atoms with Gasteiger partial charge in [-0.1, -0.05) is 57.2 Å². The third-order valence-corrected chi connectivity index (χ3v) is 5.45. The van der Waals surface area contributed by atoms with Crippen molar-refractivity contribution in [3.8, 4) is 5.75 Å². The third-order valence-electron chi connectivity index (χ3n) is 5.45. The van der Waals surface area contributed by atoms with Crippen LogP contribution in [0.5, 0.6) is 5.75 Å². The fourth-order valence-electron chi connectivity index (χ4n) is 3.47. The Kier molecular flexibility index (Phi) is 9.06. The number of aryl methyl sites for hydroxylation is 1. The van der Waals surface area contributed by atoms with Gasteiger partial charge in [0, 0.05) is 6.54 Å². The van der Waals surface area contributed by atoms with E-state index in [1.165, 1.54) is 12.7 Å². The molecule has 6 heteroatoms. The van der Waals surface area contributed by atoms with Crippen LogP contribution in [0.4, 0.5) is 0 Å². The van der Waals surface area contributed by atoms with Crippen LogP contribution in [-0.4, -0.2) is 50.5 Å². The number of amides is 2. The molecule has 0 radical (unpaired) electrons. The first kappa shape index (κ1) is 24.4. The van der Waals surface area contributed by atoms with Crippen LogP contribution in [0.2, 0.25) is 0 Å². The molecule has 2 atom stereocenters. The second-order valence-corrected chi connectivity index (χ2v) is 8.22. The van der Waals surface area contributed by atoms with Crippen LogP contribution in [-0.2, 0) is 11.2 Å². The molecule has 2 rings (SSSR count). The normalized spacial score (nSPS) is 13.0. The number of nitrogens with zero attached hydrogens (tertiary/aromatic N) is 1. The van der Waals surface area contributed by atoms with Crippen LogP contribution in [0.1, 0.15) is 48.3 Å². The summed E-state index contributed by atoms with van der Waals surface area (Å²) in [5, 5.41) is 5.90. The molecule has 0 saturated carbocycles. The lowest BCUT2D eigenvalue weighted by molar-refractivity contribution is -0.124. The summed E-state index contributed by atoms with van der Waals surface area (Å²) in [6.45, 7) is 6.41. The summed E-state index contributed by atoms with van der Waals surface area (Å²) in [6, 6.07) is 14.8. The minimum absolute atomic E-state index is 0.0348. The minimum Gasteiger partial charge on any atom is -0.496 e. The highest BCUT2D eigenvalue weighted by Gasteiger charge is 2.26. The van der Waals surface area contributed by atoms with Gasteiger partial charge in [0.15, 0.2) is 0 Å². The first-order chi connectivity index (χ1) is 14.8. The predicted molar refractivity (Wildman–Crippen MR) is 124 cm³/mol. The number of hydrogen-bond donors (Lipinski definition) is 2. The van der Waals surface area contributed by atoms with Crippen LogP contribution in [0.15, 0.2) is 48.5 Å². The van der Waals surface area contributed by atoms with Crippen LogP contribution < -0.4 is 15.4 Å². The first-order valence-electron chi connectivity index (χ1n) is 10.7. The highest BCUT2D eigenvalue weighted by Crippen LogP contribution is 2.20. The molecule has 0 saturated heterocycles. The Morgan fingerprint density at radius 3 is 2.23 bits per heavy atom. The number of benzene rings is 2. The van der Waals surface area contributed by atoms with Crippen molar-refractivity contribution in [2.24, 2.45) is 5.92 Å². The number of carbonyl (C=O) groups is 2. The van der Waals surface area contributed by atoms with Crippen molar-refractivity contribution in [2.75, 3.05) is 27.7 Å². The van der Waals surface area contributed by atoms with Gasteiger partial charge in [-0.25, -0.2) is 0 Å². The quantitative estimate of drug-likeness (QED) is 0.612. The molecule has 0 aromatic heterocycles. The van der Waals surface area contributed by atoms with Crippen molar-refractivity contribution >= 4 is 11.8 Å². The monoisotopic (exact) mass is 425 g/mol. The molecule has 0 aliphatic carbocycles. The number of likely N-dealkylation sites (N-methyl/N-ethyl adjacent to an activating group) is 1. The highest BCUT2D eigenvalue weighted by atomic mass is 16.5. The summed E-state index contributed by atoms with van der Waals surface area (Å²) in [7, 11) is 5.51. The lowest BCUT2D eigenvalue weighted by Crippen LogP contribution is -2.51. The van der Waals surface area contributed by atoms with Gasteiger partial charge in [-0.3, -0.25) is 9.59 Å². The van der Waals surface area contributed by atoms with Gasteiger partial charge < -0.3 is 20.3 Å². The zero-order chi connectivity index (χ0) is 23.0. The van der Waals surface area contributed by atoms with Crippen molar-refractivity contribution in [3.63, 3.8) is 0 Å². The number of ether oxygens (including phenoxy) is 1. The molecule has 2 N–H and O–H groups in total. The summed E-state index contributed by atoms with van der Waals surface area (Å²) in [4.78, 5) is 27.9. The van der Waals surface area contributed by atoms with Crippen molar-refractivity contribution in [3.05, 3.63) is 65.2 Å².